The molecule has 0 atom stereocenters. The zero-order valence-corrected chi connectivity index (χ0v) is 15.7. The maximum atomic E-state index is 6.28. The highest BCUT2D eigenvalue weighted by Gasteiger charge is 2.57. The van der Waals surface area contributed by atoms with Gasteiger partial charge >= 0.3 is 9.04 Å². The first-order chi connectivity index (χ1) is 10.9. The van der Waals surface area contributed by atoms with Gasteiger partial charge in [0.2, 0.25) is 0 Å². The molecule has 1 radical (unpaired) electrons. The second-order valence-corrected chi connectivity index (χ2v) is 11.6. The third kappa shape index (κ3) is 3.16. The van der Waals surface area contributed by atoms with E-state index in [9.17, 15) is 0 Å². The summed E-state index contributed by atoms with van der Waals surface area (Å²) >= 11 is 0. The van der Waals surface area contributed by atoms with Crippen molar-refractivity contribution in [2.24, 2.45) is 17.8 Å². The van der Waals surface area contributed by atoms with Crippen LogP contribution >= 0.6 is 0 Å². The third-order valence-electron chi connectivity index (χ3n) is 5.93. The molecule has 0 unspecified atom stereocenters. The van der Waals surface area contributed by atoms with Gasteiger partial charge in [0, 0.05) is 0 Å². The van der Waals surface area contributed by atoms with E-state index in [0.717, 1.165) is 17.8 Å². The van der Waals surface area contributed by atoms with E-state index in [0.29, 0.717) is 5.04 Å². The van der Waals surface area contributed by atoms with Crippen LogP contribution in [-0.2, 0) is 9.46 Å². The molecule has 1 aromatic carbocycles. The molecule has 4 fully saturated rings. The van der Waals surface area contributed by atoms with E-state index in [2.05, 4.69) is 51.1 Å². The molecule has 2 nitrogen and oxygen atoms in total. The van der Waals surface area contributed by atoms with Crippen LogP contribution in [0.15, 0.2) is 30.3 Å². The maximum absolute atomic E-state index is 6.28. The number of hydrogen-bond acceptors (Lipinski definition) is 2. The van der Waals surface area contributed by atoms with E-state index in [1.807, 2.05) is 0 Å². The zero-order chi connectivity index (χ0) is 16.1. The van der Waals surface area contributed by atoms with Gasteiger partial charge in [0.15, 0.2) is 0 Å². The average molecular weight is 330 g/mol. The summed E-state index contributed by atoms with van der Waals surface area (Å²) in [5.41, 5.74) is -0.243. The Morgan fingerprint density at radius 3 is 1.91 bits per heavy atom. The van der Waals surface area contributed by atoms with Gasteiger partial charge in [-0.3, -0.25) is 4.58 Å². The third-order valence-corrected chi connectivity index (χ3v) is 8.61. The van der Waals surface area contributed by atoms with Gasteiger partial charge in [0.25, 0.3) is 0 Å². The lowest BCUT2D eigenvalue weighted by Gasteiger charge is -2.58. The Hall–Kier alpha value is -0.643. The molecule has 3 heteroatoms. The van der Waals surface area contributed by atoms with Gasteiger partial charge in [-0.1, -0.05) is 30.3 Å². The van der Waals surface area contributed by atoms with E-state index in [-0.39, 0.29) is 5.60 Å². The van der Waals surface area contributed by atoms with Crippen LogP contribution in [0.25, 0.3) is 0 Å². The van der Waals surface area contributed by atoms with Crippen LogP contribution in [0.5, 0.6) is 0 Å². The Morgan fingerprint density at radius 2 is 1.43 bits per heavy atom. The van der Waals surface area contributed by atoms with Crippen molar-refractivity contribution in [2.75, 3.05) is 0 Å². The number of rotatable bonds is 4. The fourth-order valence-electron chi connectivity index (χ4n) is 5.59. The van der Waals surface area contributed by atoms with Crippen LogP contribution in [0.3, 0.4) is 0 Å². The van der Waals surface area contributed by atoms with Crippen molar-refractivity contribution in [1.29, 1.82) is 0 Å². The Balaban J connectivity index is 1.65. The van der Waals surface area contributed by atoms with Crippen LogP contribution in [0.4, 0.5) is 0 Å². The van der Waals surface area contributed by atoms with Crippen LogP contribution in [0, 0.1) is 17.8 Å². The van der Waals surface area contributed by atoms with E-state index in [1.165, 1.54) is 43.7 Å². The summed E-state index contributed by atoms with van der Waals surface area (Å²) in [6.07, 6.45) is 8.54. The van der Waals surface area contributed by atoms with Crippen molar-refractivity contribution in [2.45, 2.75) is 69.9 Å². The first-order valence-corrected chi connectivity index (χ1v) is 10.6. The highest BCUT2D eigenvalue weighted by molar-refractivity contribution is 6.70. The van der Waals surface area contributed by atoms with E-state index >= 15 is 0 Å². The van der Waals surface area contributed by atoms with Gasteiger partial charge in [0.05, 0.1) is 5.60 Å². The minimum Gasteiger partial charge on any atom is -0.280 e. The molecule has 0 N–H and O–H groups in total. The molecule has 0 heterocycles. The first-order valence-electron chi connectivity index (χ1n) is 9.22. The minimum atomic E-state index is -1.17. The fourth-order valence-corrected chi connectivity index (χ4v) is 8.72. The Morgan fingerprint density at radius 1 is 0.913 bits per heavy atom. The molecule has 5 rings (SSSR count). The Bertz CT molecular complexity index is 513. The van der Waals surface area contributed by atoms with Gasteiger partial charge in [-0.05, 0) is 87.3 Å². The summed E-state index contributed by atoms with van der Waals surface area (Å²) in [6, 6.07) is 10.9. The van der Waals surface area contributed by atoms with Crippen molar-refractivity contribution in [3.63, 3.8) is 0 Å². The second-order valence-electron chi connectivity index (χ2n) is 9.17. The zero-order valence-electron chi connectivity index (χ0n) is 14.7. The quantitative estimate of drug-likeness (QED) is 0.456. The molecule has 0 spiro atoms. The molecule has 4 bridgehead atoms. The standard InChI is InChI=1S/C20H29O2Si/c1-19(2,3)21-22-23(18-7-5-4-6-8-18)20-12-15-9-16(13-20)11-17(10-15)14-20/h4-8,15-17H,9-14H2,1-3H3. The lowest BCUT2D eigenvalue weighted by molar-refractivity contribution is -0.283. The van der Waals surface area contributed by atoms with Gasteiger partial charge in [-0.2, -0.15) is 0 Å². The normalized spacial score (nSPS) is 35.9. The minimum absolute atomic E-state index is 0.243. The summed E-state index contributed by atoms with van der Waals surface area (Å²) in [4.78, 5) is 5.88. The number of benzene rings is 1. The summed E-state index contributed by atoms with van der Waals surface area (Å²) in [5.74, 6) is 2.84. The van der Waals surface area contributed by atoms with Crippen molar-refractivity contribution in [1.82, 2.24) is 0 Å². The van der Waals surface area contributed by atoms with Crippen molar-refractivity contribution in [3.05, 3.63) is 30.3 Å². The predicted molar refractivity (Wildman–Crippen MR) is 94.6 cm³/mol. The van der Waals surface area contributed by atoms with Crippen LogP contribution in [0.1, 0.15) is 59.3 Å². The van der Waals surface area contributed by atoms with E-state index < -0.39 is 9.04 Å². The Kier molecular flexibility index (Phi) is 3.94. The topological polar surface area (TPSA) is 18.5 Å². The second kappa shape index (κ2) is 5.71. The highest BCUT2D eigenvalue weighted by atomic mass is 28.3. The van der Waals surface area contributed by atoms with Crippen molar-refractivity contribution >= 4 is 14.2 Å². The number of hydrogen-bond donors (Lipinski definition) is 0. The van der Waals surface area contributed by atoms with Gasteiger partial charge < -0.3 is 0 Å². The molecular weight excluding hydrogens is 300 g/mol. The molecule has 0 aromatic heterocycles. The summed E-state index contributed by atoms with van der Waals surface area (Å²) < 4.78 is 6.28. The maximum Gasteiger partial charge on any atom is 0.302 e. The monoisotopic (exact) mass is 329 g/mol. The molecule has 4 saturated carbocycles. The molecule has 1 aromatic rings. The van der Waals surface area contributed by atoms with Gasteiger partial charge in [0.1, 0.15) is 0 Å². The summed E-state index contributed by atoms with van der Waals surface area (Å²) in [6.45, 7) is 6.24. The molecule has 4 aliphatic carbocycles. The largest absolute Gasteiger partial charge is 0.302 e. The molecule has 0 saturated heterocycles. The van der Waals surface area contributed by atoms with Gasteiger partial charge in [-0.25, -0.2) is 4.89 Å². The van der Waals surface area contributed by atoms with E-state index in [1.54, 1.807) is 0 Å². The molecule has 0 aliphatic heterocycles. The van der Waals surface area contributed by atoms with E-state index in [4.69, 9.17) is 9.46 Å². The van der Waals surface area contributed by atoms with Crippen LogP contribution in [-0.4, -0.2) is 14.6 Å². The Labute approximate surface area is 142 Å². The molecule has 0 amide bonds. The fraction of sp³-hybridized carbons (Fsp3) is 0.700. The van der Waals surface area contributed by atoms with Crippen molar-refractivity contribution in [3.8, 4) is 0 Å². The lowest BCUT2D eigenvalue weighted by atomic mass is 9.56. The average Bonchev–Trinajstić information content (AvgIpc) is 2.45. The van der Waals surface area contributed by atoms with Crippen LogP contribution in [0.2, 0.25) is 5.04 Å². The molecule has 4 aliphatic rings. The van der Waals surface area contributed by atoms with Gasteiger partial charge in [-0.15, -0.1) is 0 Å². The highest BCUT2D eigenvalue weighted by Crippen LogP contribution is 2.65. The molecule has 23 heavy (non-hydrogen) atoms. The lowest BCUT2D eigenvalue weighted by Crippen LogP contribution is -2.55. The SMILES string of the molecule is CC(C)(C)OO[Si](c1ccccc1)C12CC3CC(CC(C3)C1)C2. The smallest absolute Gasteiger partial charge is 0.280 e. The summed E-state index contributed by atoms with van der Waals surface area (Å²) in [7, 11) is -1.17. The summed E-state index contributed by atoms with van der Waals surface area (Å²) in [5, 5.41) is 1.79. The molecule has 125 valence electrons. The van der Waals surface area contributed by atoms with Crippen molar-refractivity contribution < 1.29 is 9.46 Å². The molecular formula is C20H29O2Si. The predicted octanol–water partition coefficient (Wildman–Crippen LogP) is 4.60. The van der Waals surface area contributed by atoms with Crippen LogP contribution < -0.4 is 5.19 Å². The first kappa shape index (κ1) is 15.9.